The number of amides is 1. The molecule has 0 radical (unpaired) electrons. The third-order valence-electron chi connectivity index (χ3n) is 5.16. The van der Waals surface area contributed by atoms with E-state index < -0.39 is 6.10 Å². The van der Waals surface area contributed by atoms with Crippen LogP contribution in [0.3, 0.4) is 0 Å². The number of carbonyl (C=O) groups excluding carboxylic acids is 1. The third kappa shape index (κ3) is 3.56. The molecule has 2 heterocycles. The number of imidazole rings is 1. The maximum Gasteiger partial charge on any atom is 0.254 e. The van der Waals surface area contributed by atoms with Gasteiger partial charge in [-0.2, -0.15) is 0 Å². The number of hydrogen-bond acceptors (Lipinski definition) is 4. The first kappa shape index (κ1) is 18.4. The lowest BCUT2D eigenvalue weighted by Crippen LogP contribution is -2.46. The summed E-state index contributed by atoms with van der Waals surface area (Å²) < 4.78 is 5.32. The Kier molecular flexibility index (Phi) is 5.23. The maximum atomic E-state index is 13.0. The number of nitrogens with one attached hydrogen (secondary N) is 1. The topological polar surface area (TPSA) is 78.5 Å². The summed E-state index contributed by atoms with van der Waals surface area (Å²) in [6.45, 7) is 3.08. The van der Waals surface area contributed by atoms with Crippen molar-refractivity contribution in [2.45, 2.75) is 19.1 Å². The van der Waals surface area contributed by atoms with E-state index in [1.54, 1.807) is 17.4 Å². The summed E-state index contributed by atoms with van der Waals surface area (Å²) in [7, 11) is 0. The molecule has 1 amide bonds. The van der Waals surface area contributed by atoms with E-state index in [0.29, 0.717) is 18.7 Å². The first-order valence-corrected chi connectivity index (χ1v) is 9.43. The van der Waals surface area contributed by atoms with Crippen LogP contribution in [0.1, 0.15) is 17.3 Å². The number of aromatic nitrogens is 2. The fourth-order valence-corrected chi connectivity index (χ4v) is 3.61. The molecular weight excluding hydrogens is 354 g/mol. The van der Waals surface area contributed by atoms with Crippen LogP contribution in [-0.2, 0) is 4.74 Å². The summed E-state index contributed by atoms with van der Waals surface area (Å²) in [4.78, 5) is 21.9. The molecule has 0 bridgehead atoms. The molecule has 1 aliphatic rings. The highest BCUT2D eigenvalue weighted by Crippen LogP contribution is 2.25. The zero-order chi connectivity index (χ0) is 19.5. The molecule has 1 saturated heterocycles. The molecule has 3 aromatic rings. The van der Waals surface area contributed by atoms with Crippen molar-refractivity contribution in [1.29, 1.82) is 0 Å². The number of hydrogen-bond donors (Lipinski definition) is 2. The maximum absolute atomic E-state index is 13.0. The third-order valence-corrected chi connectivity index (χ3v) is 5.16. The van der Waals surface area contributed by atoms with E-state index >= 15 is 0 Å². The number of H-pyrrole nitrogens is 1. The van der Waals surface area contributed by atoms with Crippen LogP contribution in [-0.4, -0.2) is 57.8 Å². The molecule has 4 rings (SSSR count). The first-order valence-electron chi connectivity index (χ1n) is 9.43. The summed E-state index contributed by atoms with van der Waals surface area (Å²) in [6, 6.07) is 15.4. The smallest absolute Gasteiger partial charge is 0.254 e. The monoisotopic (exact) mass is 377 g/mol. The summed E-state index contributed by atoms with van der Waals surface area (Å²) in [5.41, 5.74) is 4.63. The van der Waals surface area contributed by atoms with Gasteiger partial charge in [0.05, 0.1) is 43.6 Å². The highest BCUT2D eigenvalue weighted by molar-refractivity contribution is 5.95. The van der Waals surface area contributed by atoms with Gasteiger partial charge in [0.2, 0.25) is 0 Å². The number of aromatic amines is 1. The van der Waals surface area contributed by atoms with E-state index in [9.17, 15) is 9.90 Å². The highest BCUT2D eigenvalue weighted by atomic mass is 16.5. The van der Waals surface area contributed by atoms with Gasteiger partial charge < -0.3 is 19.7 Å². The lowest BCUT2D eigenvalue weighted by molar-refractivity contribution is 0.0520. The lowest BCUT2D eigenvalue weighted by atomic mass is 10.0. The molecule has 2 N–H and O–H groups in total. The van der Waals surface area contributed by atoms with E-state index in [-0.39, 0.29) is 18.6 Å². The number of nitrogens with zero attached hydrogens (tertiary/aromatic N) is 2. The SMILES string of the molecule is CCN(C(=O)c1cccc(-c2ccc(-c3cnc[nH]3)cc2)c1)[C@H]1COC[C@@H]1O. The van der Waals surface area contributed by atoms with Crippen molar-refractivity contribution >= 4 is 5.91 Å². The quantitative estimate of drug-likeness (QED) is 0.717. The number of likely N-dealkylation sites (N-methyl/N-ethyl adjacent to an activating group) is 1. The van der Waals surface area contributed by atoms with Gasteiger partial charge in [0.15, 0.2) is 0 Å². The van der Waals surface area contributed by atoms with Crippen molar-refractivity contribution in [1.82, 2.24) is 14.9 Å². The normalized spacial score (nSPS) is 18.9. The van der Waals surface area contributed by atoms with Crippen LogP contribution >= 0.6 is 0 Å². The molecule has 1 aliphatic heterocycles. The zero-order valence-corrected chi connectivity index (χ0v) is 15.7. The van der Waals surface area contributed by atoms with Crippen molar-refractivity contribution in [3.05, 3.63) is 66.6 Å². The number of benzene rings is 2. The second kappa shape index (κ2) is 7.96. The van der Waals surface area contributed by atoms with Crippen LogP contribution in [0, 0.1) is 0 Å². The minimum absolute atomic E-state index is 0.0898. The second-order valence-corrected chi connectivity index (χ2v) is 6.89. The minimum Gasteiger partial charge on any atom is -0.388 e. The molecule has 2 aromatic carbocycles. The molecule has 6 heteroatoms. The Hall–Kier alpha value is -2.96. The molecule has 0 unspecified atom stereocenters. The zero-order valence-electron chi connectivity index (χ0n) is 15.7. The van der Waals surface area contributed by atoms with Gasteiger partial charge in [0.25, 0.3) is 5.91 Å². The predicted octanol–water partition coefficient (Wildman–Crippen LogP) is 2.97. The minimum atomic E-state index is -0.637. The Morgan fingerprint density at radius 3 is 2.61 bits per heavy atom. The van der Waals surface area contributed by atoms with Crippen molar-refractivity contribution in [3.8, 4) is 22.4 Å². The van der Waals surface area contributed by atoms with Gasteiger partial charge in [-0.3, -0.25) is 4.79 Å². The molecule has 144 valence electrons. The Morgan fingerprint density at radius 2 is 1.96 bits per heavy atom. The molecule has 1 fully saturated rings. The molecular formula is C22H23N3O3. The number of ether oxygens (including phenoxy) is 1. The Bertz CT molecular complexity index is 938. The molecule has 1 aromatic heterocycles. The van der Waals surface area contributed by atoms with Crippen LogP contribution in [0.2, 0.25) is 0 Å². The van der Waals surface area contributed by atoms with Crippen LogP contribution in [0.4, 0.5) is 0 Å². The molecule has 0 aliphatic carbocycles. The average molecular weight is 377 g/mol. The molecule has 0 spiro atoms. The van der Waals surface area contributed by atoms with Crippen molar-refractivity contribution in [2.24, 2.45) is 0 Å². The van der Waals surface area contributed by atoms with E-state index in [4.69, 9.17) is 4.74 Å². The summed E-state index contributed by atoms with van der Waals surface area (Å²) in [5, 5.41) is 10.1. The van der Waals surface area contributed by atoms with Gasteiger partial charge >= 0.3 is 0 Å². The fourth-order valence-electron chi connectivity index (χ4n) is 3.61. The fraction of sp³-hybridized carbons (Fsp3) is 0.273. The van der Waals surface area contributed by atoms with Crippen LogP contribution in [0.5, 0.6) is 0 Å². The van der Waals surface area contributed by atoms with E-state index in [1.165, 1.54) is 0 Å². The van der Waals surface area contributed by atoms with Gasteiger partial charge in [-0.25, -0.2) is 4.98 Å². The summed E-state index contributed by atoms with van der Waals surface area (Å²) in [6.07, 6.45) is 2.81. The molecule has 28 heavy (non-hydrogen) atoms. The van der Waals surface area contributed by atoms with Crippen LogP contribution < -0.4 is 0 Å². The van der Waals surface area contributed by atoms with Gasteiger partial charge in [0.1, 0.15) is 0 Å². The lowest BCUT2D eigenvalue weighted by Gasteiger charge is -2.29. The summed E-state index contributed by atoms with van der Waals surface area (Å²) >= 11 is 0. The number of aliphatic hydroxyl groups excluding tert-OH is 1. The number of carbonyl (C=O) groups is 1. The molecule has 0 saturated carbocycles. The van der Waals surface area contributed by atoms with Gasteiger partial charge in [-0.15, -0.1) is 0 Å². The molecule has 2 atom stereocenters. The molecule has 6 nitrogen and oxygen atoms in total. The predicted molar refractivity (Wildman–Crippen MR) is 107 cm³/mol. The Balaban J connectivity index is 1.58. The van der Waals surface area contributed by atoms with E-state index in [1.807, 2.05) is 55.5 Å². The number of rotatable bonds is 5. The largest absolute Gasteiger partial charge is 0.388 e. The number of aliphatic hydroxyl groups is 1. The highest BCUT2D eigenvalue weighted by Gasteiger charge is 2.34. The summed E-state index contributed by atoms with van der Waals surface area (Å²) in [5.74, 6) is -0.0898. The standard InChI is InChI=1S/C22H23N3O3/c1-2-25(20-12-28-13-21(20)26)22(27)18-5-3-4-17(10-18)15-6-8-16(9-7-15)19-11-23-14-24-19/h3-11,14,20-21,26H,2,12-13H2,1H3,(H,23,24)/t20-,21-/m0/s1. The van der Waals surface area contributed by atoms with Crippen LogP contribution in [0.25, 0.3) is 22.4 Å². The Morgan fingerprint density at radius 1 is 1.18 bits per heavy atom. The van der Waals surface area contributed by atoms with Gasteiger partial charge in [0, 0.05) is 12.1 Å². The van der Waals surface area contributed by atoms with E-state index in [2.05, 4.69) is 9.97 Å². The van der Waals surface area contributed by atoms with Crippen molar-refractivity contribution in [3.63, 3.8) is 0 Å². The van der Waals surface area contributed by atoms with Crippen molar-refractivity contribution < 1.29 is 14.6 Å². The van der Waals surface area contributed by atoms with Crippen molar-refractivity contribution in [2.75, 3.05) is 19.8 Å². The Labute approximate surface area is 163 Å². The van der Waals surface area contributed by atoms with Gasteiger partial charge in [-0.1, -0.05) is 36.4 Å². The first-order chi connectivity index (χ1) is 13.7. The van der Waals surface area contributed by atoms with Gasteiger partial charge in [-0.05, 0) is 35.7 Å². The average Bonchev–Trinajstić information content (AvgIpc) is 3.41. The second-order valence-electron chi connectivity index (χ2n) is 6.89. The van der Waals surface area contributed by atoms with Crippen LogP contribution in [0.15, 0.2) is 61.1 Å². The van der Waals surface area contributed by atoms with E-state index in [0.717, 1.165) is 22.4 Å².